The van der Waals surface area contributed by atoms with Gasteiger partial charge in [0, 0.05) is 55.9 Å². The molecule has 1 amide bonds. The predicted octanol–water partition coefficient (Wildman–Crippen LogP) is 2.35. The summed E-state index contributed by atoms with van der Waals surface area (Å²) in [6.07, 6.45) is 5.34. The van der Waals surface area contributed by atoms with E-state index in [1.54, 1.807) is 30.7 Å². The van der Waals surface area contributed by atoms with Crippen LogP contribution in [0.2, 0.25) is 5.02 Å². The summed E-state index contributed by atoms with van der Waals surface area (Å²) < 4.78 is 1.81. The van der Waals surface area contributed by atoms with Crippen LogP contribution in [0.15, 0.2) is 48.9 Å². The lowest BCUT2D eigenvalue weighted by atomic mass is 10.2. The van der Waals surface area contributed by atoms with E-state index < -0.39 is 0 Å². The number of anilines is 1. The van der Waals surface area contributed by atoms with Gasteiger partial charge in [0.1, 0.15) is 17.2 Å². The molecule has 1 fully saturated rings. The maximum absolute atomic E-state index is 12.7. The maximum atomic E-state index is 12.7. The van der Waals surface area contributed by atoms with Crippen LogP contribution in [0.5, 0.6) is 0 Å². The topological polar surface area (TPSA) is 53.7 Å². The molecule has 122 valence electrons. The molecular formula is C17H16ClN5O. The number of aromatic nitrogens is 3. The van der Waals surface area contributed by atoms with Gasteiger partial charge in [-0.1, -0.05) is 17.7 Å². The molecule has 0 saturated carbocycles. The van der Waals surface area contributed by atoms with Crippen LogP contribution in [0.25, 0.3) is 5.65 Å². The van der Waals surface area contributed by atoms with Gasteiger partial charge in [-0.2, -0.15) is 0 Å². The Morgan fingerprint density at radius 3 is 2.71 bits per heavy atom. The molecule has 0 radical (unpaired) electrons. The first-order valence-corrected chi connectivity index (χ1v) is 8.18. The van der Waals surface area contributed by atoms with Crippen LogP contribution in [-0.4, -0.2) is 51.4 Å². The number of amides is 1. The van der Waals surface area contributed by atoms with Crippen molar-refractivity contribution in [3.8, 4) is 0 Å². The van der Waals surface area contributed by atoms with Gasteiger partial charge < -0.3 is 14.2 Å². The van der Waals surface area contributed by atoms with Crippen molar-refractivity contribution < 1.29 is 4.79 Å². The van der Waals surface area contributed by atoms with Crippen molar-refractivity contribution in [2.24, 2.45) is 0 Å². The highest BCUT2D eigenvalue weighted by atomic mass is 35.5. The third-order valence-corrected chi connectivity index (χ3v) is 4.42. The number of halogens is 1. The molecule has 24 heavy (non-hydrogen) atoms. The van der Waals surface area contributed by atoms with Gasteiger partial charge in [-0.25, -0.2) is 9.97 Å². The van der Waals surface area contributed by atoms with Gasteiger partial charge in [-0.15, -0.1) is 0 Å². The summed E-state index contributed by atoms with van der Waals surface area (Å²) in [5, 5.41) is 0.607. The molecule has 1 saturated heterocycles. The molecule has 3 aromatic heterocycles. The Morgan fingerprint density at radius 1 is 1.12 bits per heavy atom. The predicted molar refractivity (Wildman–Crippen MR) is 92.6 cm³/mol. The third kappa shape index (κ3) is 2.80. The number of nitrogens with zero attached hydrogens (tertiary/aromatic N) is 5. The molecule has 0 aromatic carbocycles. The highest BCUT2D eigenvalue weighted by Crippen LogP contribution is 2.16. The maximum Gasteiger partial charge on any atom is 0.274 e. The normalized spacial score (nSPS) is 15.0. The summed E-state index contributed by atoms with van der Waals surface area (Å²) >= 11 is 5.97. The first-order valence-electron chi connectivity index (χ1n) is 7.80. The molecule has 0 spiro atoms. The van der Waals surface area contributed by atoms with Crippen molar-refractivity contribution in [3.05, 3.63) is 59.6 Å². The molecule has 6 nitrogen and oxygen atoms in total. The highest BCUT2D eigenvalue weighted by Gasteiger charge is 2.24. The first-order chi connectivity index (χ1) is 11.7. The minimum absolute atomic E-state index is 0.0458. The van der Waals surface area contributed by atoms with Crippen LogP contribution < -0.4 is 4.90 Å². The average molecular weight is 342 g/mol. The lowest BCUT2D eigenvalue weighted by Gasteiger charge is -2.35. The number of pyridine rings is 2. The molecule has 4 rings (SSSR count). The second kappa shape index (κ2) is 6.13. The Hall–Kier alpha value is -2.60. The van der Waals surface area contributed by atoms with Gasteiger partial charge >= 0.3 is 0 Å². The summed E-state index contributed by atoms with van der Waals surface area (Å²) in [5.41, 5.74) is 1.13. The lowest BCUT2D eigenvalue weighted by molar-refractivity contribution is 0.0741. The summed E-state index contributed by atoms with van der Waals surface area (Å²) in [5.74, 6) is 0.905. The zero-order valence-corrected chi connectivity index (χ0v) is 13.7. The number of hydrogen-bond donors (Lipinski definition) is 0. The van der Waals surface area contributed by atoms with Crippen LogP contribution >= 0.6 is 11.6 Å². The molecule has 0 atom stereocenters. The van der Waals surface area contributed by atoms with Crippen LogP contribution in [0.4, 0.5) is 5.82 Å². The summed E-state index contributed by atoms with van der Waals surface area (Å²) in [6, 6.07) is 9.39. The number of piperazine rings is 1. The minimum Gasteiger partial charge on any atom is -0.353 e. The quantitative estimate of drug-likeness (QED) is 0.718. The Labute approximate surface area is 144 Å². The molecule has 0 bridgehead atoms. The molecule has 0 N–H and O–H groups in total. The molecule has 1 aliphatic heterocycles. The molecule has 1 aliphatic rings. The van der Waals surface area contributed by atoms with Gasteiger partial charge in [0.05, 0.1) is 0 Å². The van der Waals surface area contributed by atoms with Crippen LogP contribution in [0.1, 0.15) is 10.5 Å². The van der Waals surface area contributed by atoms with Crippen molar-refractivity contribution in [1.29, 1.82) is 0 Å². The Balaban J connectivity index is 1.47. The first kappa shape index (κ1) is 15.0. The standard InChI is InChI=1S/C17H16ClN5O/c18-13-4-6-23-12-14(20-16(23)11-13)17(24)22-9-7-21(8-10-22)15-3-1-2-5-19-15/h1-6,11-12H,7-10H2. The average Bonchev–Trinajstić information content (AvgIpc) is 3.05. The Morgan fingerprint density at radius 2 is 1.96 bits per heavy atom. The smallest absolute Gasteiger partial charge is 0.274 e. The number of hydrogen-bond acceptors (Lipinski definition) is 4. The van der Waals surface area contributed by atoms with Crippen LogP contribution in [-0.2, 0) is 0 Å². The number of fused-ring (bicyclic) bond motifs is 1. The van der Waals surface area contributed by atoms with Gasteiger partial charge in [-0.3, -0.25) is 4.79 Å². The molecular weight excluding hydrogens is 326 g/mol. The fourth-order valence-electron chi connectivity index (χ4n) is 2.90. The van der Waals surface area contributed by atoms with E-state index in [0.29, 0.717) is 29.5 Å². The second-order valence-electron chi connectivity index (χ2n) is 5.70. The van der Waals surface area contributed by atoms with Crippen molar-refractivity contribution in [3.63, 3.8) is 0 Å². The number of rotatable bonds is 2. The zero-order valence-electron chi connectivity index (χ0n) is 13.0. The number of carbonyl (C=O) groups excluding carboxylic acids is 1. The minimum atomic E-state index is -0.0458. The molecule has 0 aliphatic carbocycles. The van der Waals surface area contributed by atoms with E-state index in [4.69, 9.17) is 11.6 Å². The van der Waals surface area contributed by atoms with Crippen LogP contribution in [0.3, 0.4) is 0 Å². The SMILES string of the molecule is O=C(c1cn2ccc(Cl)cc2n1)N1CCN(c2ccccn2)CC1. The van der Waals surface area contributed by atoms with E-state index in [9.17, 15) is 4.79 Å². The monoisotopic (exact) mass is 341 g/mol. The summed E-state index contributed by atoms with van der Waals surface area (Å²) in [6.45, 7) is 2.85. The third-order valence-electron chi connectivity index (χ3n) is 4.18. The van der Waals surface area contributed by atoms with Crippen molar-refractivity contribution in [2.75, 3.05) is 31.1 Å². The van der Waals surface area contributed by atoms with Gasteiger partial charge in [0.25, 0.3) is 5.91 Å². The largest absolute Gasteiger partial charge is 0.353 e. The van der Waals surface area contributed by atoms with Gasteiger partial charge in [0.15, 0.2) is 0 Å². The van der Waals surface area contributed by atoms with Crippen molar-refractivity contribution in [2.45, 2.75) is 0 Å². The van der Waals surface area contributed by atoms with E-state index >= 15 is 0 Å². The summed E-state index contributed by atoms with van der Waals surface area (Å²) in [4.78, 5) is 25.5. The molecule has 4 heterocycles. The molecule has 3 aromatic rings. The van der Waals surface area contributed by atoms with Gasteiger partial charge in [0.2, 0.25) is 0 Å². The fraction of sp³-hybridized carbons (Fsp3) is 0.235. The lowest BCUT2D eigenvalue weighted by Crippen LogP contribution is -2.49. The number of imidazole rings is 1. The zero-order chi connectivity index (χ0) is 16.5. The van der Waals surface area contributed by atoms with Crippen molar-refractivity contribution >= 4 is 29.0 Å². The summed E-state index contributed by atoms with van der Waals surface area (Å²) in [7, 11) is 0. The van der Waals surface area contributed by atoms with Gasteiger partial charge in [-0.05, 0) is 18.2 Å². The number of carbonyl (C=O) groups is 1. The van der Waals surface area contributed by atoms with E-state index in [-0.39, 0.29) is 5.91 Å². The fourth-order valence-corrected chi connectivity index (χ4v) is 3.06. The Bertz CT molecular complexity index is 871. The van der Waals surface area contributed by atoms with Crippen LogP contribution in [0, 0.1) is 0 Å². The molecule has 7 heteroatoms. The Kier molecular flexibility index (Phi) is 3.82. The van der Waals surface area contributed by atoms with E-state index in [2.05, 4.69) is 14.9 Å². The molecule has 0 unspecified atom stereocenters. The van der Waals surface area contributed by atoms with E-state index in [1.807, 2.05) is 27.5 Å². The van der Waals surface area contributed by atoms with Crippen molar-refractivity contribution in [1.82, 2.24) is 19.3 Å². The van der Waals surface area contributed by atoms with E-state index in [1.165, 1.54) is 0 Å². The highest BCUT2D eigenvalue weighted by molar-refractivity contribution is 6.30. The van der Waals surface area contributed by atoms with E-state index in [0.717, 1.165) is 18.9 Å². The second-order valence-corrected chi connectivity index (χ2v) is 6.14.